The average molecular weight is 138 g/mol. The lowest BCUT2D eigenvalue weighted by atomic mass is 9.91. The van der Waals surface area contributed by atoms with Crippen molar-refractivity contribution >= 4 is 0 Å². The highest BCUT2D eigenvalue weighted by atomic mass is 15.2. The van der Waals surface area contributed by atoms with E-state index in [4.69, 9.17) is 5.84 Å². The zero-order valence-electron chi connectivity index (χ0n) is 6.46. The van der Waals surface area contributed by atoms with E-state index in [0.29, 0.717) is 11.8 Å². The Morgan fingerprint density at radius 1 is 1.40 bits per heavy atom. The smallest absolute Gasteiger partial charge is 0.0445 e. The molecular formula is C8H14N2. The third kappa shape index (κ3) is 1.39. The molecular weight excluding hydrogens is 124 g/mol. The number of nitrogens with one attached hydrogen (secondary N) is 1. The molecule has 0 bridgehead atoms. The lowest BCUT2D eigenvalue weighted by Gasteiger charge is -2.18. The molecule has 2 unspecified atom stereocenters. The number of nitrogens with two attached hydrogens (primary N) is 1. The van der Waals surface area contributed by atoms with Gasteiger partial charge < -0.3 is 5.43 Å². The van der Waals surface area contributed by atoms with Gasteiger partial charge in [0.05, 0.1) is 0 Å². The molecule has 0 spiro atoms. The van der Waals surface area contributed by atoms with Gasteiger partial charge in [-0.2, -0.15) is 0 Å². The van der Waals surface area contributed by atoms with Gasteiger partial charge in [0.1, 0.15) is 0 Å². The first-order valence-corrected chi connectivity index (χ1v) is 3.60. The summed E-state index contributed by atoms with van der Waals surface area (Å²) >= 11 is 0. The van der Waals surface area contributed by atoms with E-state index >= 15 is 0 Å². The highest BCUT2D eigenvalue weighted by Crippen LogP contribution is 2.19. The Balaban J connectivity index is 2.66. The molecule has 0 saturated heterocycles. The maximum atomic E-state index is 5.24. The van der Waals surface area contributed by atoms with Gasteiger partial charge in [-0.1, -0.05) is 26.0 Å². The van der Waals surface area contributed by atoms with Crippen molar-refractivity contribution < 1.29 is 0 Å². The molecule has 0 aromatic rings. The first-order chi connectivity index (χ1) is 4.74. The van der Waals surface area contributed by atoms with Crippen LogP contribution in [-0.2, 0) is 0 Å². The predicted molar refractivity (Wildman–Crippen MR) is 42.9 cm³/mol. The number of hydrogen-bond donors (Lipinski definition) is 2. The molecule has 0 saturated carbocycles. The summed E-state index contributed by atoms with van der Waals surface area (Å²) in [6, 6.07) is 0. The maximum absolute atomic E-state index is 5.24. The van der Waals surface area contributed by atoms with Crippen LogP contribution in [0.5, 0.6) is 0 Å². The minimum atomic E-state index is 0.594. The van der Waals surface area contributed by atoms with Gasteiger partial charge >= 0.3 is 0 Å². The second kappa shape index (κ2) is 2.88. The van der Waals surface area contributed by atoms with E-state index in [2.05, 4.69) is 31.4 Å². The van der Waals surface area contributed by atoms with Crippen LogP contribution in [0.4, 0.5) is 0 Å². The third-order valence-corrected chi connectivity index (χ3v) is 2.02. The molecule has 1 aliphatic carbocycles. The van der Waals surface area contributed by atoms with E-state index in [-0.39, 0.29) is 0 Å². The summed E-state index contributed by atoms with van der Waals surface area (Å²) in [6.07, 6.45) is 6.33. The Hall–Kier alpha value is -0.760. The lowest BCUT2D eigenvalue weighted by Crippen LogP contribution is -2.23. The maximum Gasteiger partial charge on any atom is 0.0445 e. The number of hydrazine groups is 1. The zero-order chi connectivity index (χ0) is 7.56. The van der Waals surface area contributed by atoms with Crippen molar-refractivity contribution in [2.75, 3.05) is 0 Å². The quantitative estimate of drug-likeness (QED) is 0.421. The van der Waals surface area contributed by atoms with Crippen LogP contribution in [0.15, 0.2) is 23.9 Å². The molecule has 0 radical (unpaired) electrons. The molecule has 1 aliphatic rings. The summed E-state index contributed by atoms with van der Waals surface area (Å²) in [5.41, 5.74) is 3.65. The number of hydrogen-bond acceptors (Lipinski definition) is 2. The van der Waals surface area contributed by atoms with Crippen molar-refractivity contribution in [3.8, 4) is 0 Å². The molecule has 2 nitrogen and oxygen atoms in total. The highest BCUT2D eigenvalue weighted by molar-refractivity contribution is 5.22. The van der Waals surface area contributed by atoms with Crippen molar-refractivity contribution in [1.29, 1.82) is 0 Å². The summed E-state index contributed by atoms with van der Waals surface area (Å²) in [7, 11) is 0. The molecule has 2 atom stereocenters. The Labute approximate surface area is 61.8 Å². The van der Waals surface area contributed by atoms with Crippen LogP contribution in [0, 0.1) is 11.8 Å². The molecule has 0 aromatic heterocycles. The minimum Gasteiger partial charge on any atom is -0.324 e. The molecule has 2 heteroatoms. The summed E-state index contributed by atoms with van der Waals surface area (Å²) in [5.74, 6) is 6.47. The SMILES string of the molecule is CC1C=CC(NN)=CC1C. The summed E-state index contributed by atoms with van der Waals surface area (Å²) in [5, 5.41) is 0. The molecule has 56 valence electrons. The van der Waals surface area contributed by atoms with E-state index in [1.165, 1.54) is 0 Å². The fourth-order valence-corrected chi connectivity index (χ4v) is 1.02. The number of allylic oxidation sites excluding steroid dienone is 3. The second-order valence-electron chi connectivity index (χ2n) is 2.84. The highest BCUT2D eigenvalue weighted by Gasteiger charge is 2.10. The molecule has 10 heavy (non-hydrogen) atoms. The van der Waals surface area contributed by atoms with Gasteiger partial charge in [0.15, 0.2) is 0 Å². The lowest BCUT2D eigenvalue weighted by molar-refractivity contribution is 0.543. The molecule has 3 N–H and O–H groups in total. The van der Waals surface area contributed by atoms with Gasteiger partial charge in [0.25, 0.3) is 0 Å². The molecule has 0 heterocycles. The predicted octanol–water partition coefficient (Wildman–Crippen LogP) is 1.18. The van der Waals surface area contributed by atoms with Crippen LogP contribution in [0.3, 0.4) is 0 Å². The summed E-state index contributed by atoms with van der Waals surface area (Å²) in [6.45, 7) is 4.39. The van der Waals surface area contributed by atoms with Crippen LogP contribution in [0.2, 0.25) is 0 Å². The van der Waals surface area contributed by atoms with E-state index in [1.54, 1.807) is 0 Å². The van der Waals surface area contributed by atoms with Gasteiger partial charge in [-0.25, -0.2) is 0 Å². The molecule has 0 aromatic carbocycles. The van der Waals surface area contributed by atoms with Gasteiger partial charge in [0.2, 0.25) is 0 Å². The summed E-state index contributed by atoms with van der Waals surface area (Å²) < 4.78 is 0. The Morgan fingerprint density at radius 3 is 2.60 bits per heavy atom. The van der Waals surface area contributed by atoms with Crippen LogP contribution < -0.4 is 11.3 Å². The van der Waals surface area contributed by atoms with E-state index < -0.39 is 0 Å². The van der Waals surface area contributed by atoms with E-state index in [1.807, 2.05) is 6.08 Å². The van der Waals surface area contributed by atoms with E-state index in [9.17, 15) is 0 Å². The van der Waals surface area contributed by atoms with Crippen LogP contribution in [0.25, 0.3) is 0 Å². The van der Waals surface area contributed by atoms with Crippen molar-refractivity contribution in [2.45, 2.75) is 13.8 Å². The normalized spacial score (nSPS) is 31.7. The van der Waals surface area contributed by atoms with Crippen LogP contribution in [0.1, 0.15) is 13.8 Å². The van der Waals surface area contributed by atoms with Gasteiger partial charge in [-0.3, -0.25) is 5.84 Å². The largest absolute Gasteiger partial charge is 0.324 e. The topological polar surface area (TPSA) is 38.0 Å². The Morgan fingerprint density at radius 2 is 2.10 bits per heavy atom. The average Bonchev–Trinajstić information content (AvgIpc) is 1.95. The minimum absolute atomic E-state index is 0.594. The second-order valence-corrected chi connectivity index (χ2v) is 2.84. The summed E-state index contributed by atoms with van der Waals surface area (Å²) in [4.78, 5) is 0. The molecule has 0 fully saturated rings. The Kier molecular flexibility index (Phi) is 2.12. The van der Waals surface area contributed by atoms with Crippen LogP contribution >= 0.6 is 0 Å². The van der Waals surface area contributed by atoms with Gasteiger partial charge in [-0.05, 0) is 17.9 Å². The molecule has 1 rings (SSSR count). The van der Waals surface area contributed by atoms with Crippen molar-refractivity contribution in [3.05, 3.63) is 23.9 Å². The fourth-order valence-electron chi connectivity index (χ4n) is 1.02. The van der Waals surface area contributed by atoms with Gasteiger partial charge in [-0.15, -0.1) is 0 Å². The Bertz CT molecular complexity index is 170. The zero-order valence-corrected chi connectivity index (χ0v) is 6.46. The van der Waals surface area contributed by atoms with Crippen LogP contribution in [-0.4, -0.2) is 0 Å². The molecule has 0 aliphatic heterocycles. The fraction of sp³-hybridized carbons (Fsp3) is 0.500. The standard InChI is InChI=1S/C8H14N2/c1-6-3-4-8(10-9)5-7(6)2/h3-7,10H,9H2,1-2H3. The van der Waals surface area contributed by atoms with Crippen molar-refractivity contribution in [3.63, 3.8) is 0 Å². The third-order valence-electron chi connectivity index (χ3n) is 2.02. The van der Waals surface area contributed by atoms with Crippen molar-refractivity contribution in [1.82, 2.24) is 5.43 Å². The van der Waals surface area contributed by atoms with Gasteiger partial charge in [0, 0.05) is 5.70 Å². The first kappa shape index (κ1) is 7.35. The number of rotatable bonds is 1. The van der Waals surface area contributed by atoms with Crippen molar-refractivity contribution in [2.24, 2.45) is 17.7 Å². The molecule has 0 amide bonds. The monoisotopic (exact) mass is 138 g/mol. The first-order valence-electron chi connectivity index (χ1n) is 3.60. The van der Waals surface area contributed by atoms with E-state index in [0.717, 1.165) is 5.70 Å².